The van der Waals surface area contributed by atoms with Crippen LogP contribution in [0.5, 0.6) is 0 Å². The molecule has 4 heteroatoms. The highest BCUT2D eigenvalue weighted by molar-refractivity contribution is 7.98. The van der Waals surface area contributed by atoms with Crippen molar-refractivity contribution in [2.45, 2.75) is 25.8 Å². The van der Waals surface area contributed by atoms with Crippen LogP contribution >= 0.6 is 11.8 Å². The first-order valence-electron chi connectivity index (χ1n) is 6.55. The summed E-state index contributed by atoms with van der Waals surface area (Å²) >= 11 is 1.75. The fourth-order valence-electron chi connectivity index (χ4n) is 2.76. The van der Waals surface area contributed by atoms with Gasteiger partial charge in [-0.3, -0.25) is 4.79 Å². The Morgan fingerprint density at radius 1 is 1.61 bits per heavy atom. The van der Waals surface area contributed by atoms with Crippen molar-refractivity contribution in [3.05, 3.63) is 24.0 Å². The number of amides is 1. The van der Waals surface area contributed by atoms with Gasteiger partial charge in [0.25, 0.3) is 0 Å². The summed E-state index contributed by atoms with van der Waals surface area (Å²) < 4.78 is 2.13. The summed E-state index contributed by atoms with van der Waals surface area (Å²) in [4.78, 5) is 14.5. The van der Waals surface area contributed by atoms with Crippen LogP contribution in [0.4, 0.5) is 0 Å². The Kier molecular flexibility index (Phi) is 4.38. The number of nitrogens with zero attached hydrogens (tertiary/aromatic N) is 2. The van der Waals surface area contributed by atoms with Crippen LogP contribution in [0.15, 0.2) is 18.3 Å². The Morgan fingerprint density at radius 3 is 3.00 bits per heavy atom. The van der Waals surface area contributed by atoms with E-state index in [2.05, 4.69) is 41.1 Å². The maximum Gasteiger partial charge on any atom is 0.226 e. The average molecular weight is 266 g/mol. The SMILES string of the molecule is CSC[C@H](C)C(=O)N1CCC[C@H]1c1cccn1C. The second-order valence-corrected chi connectivity index (χ2v) is 6.00. The maximum absolute atomic E-state index is 12.5. The molecule has 0 spiro atoms. The Morgan fingerprint density at radius 2 is 2.39 bits per heavy atom. The molecule has 0 N–H and O–H groups in total. The van der Waals surface area contributed by atoms with Crippen LogP contribution in [-0.4, -0.2) is 33.9 Å². The van der Waals surface area contributed by atoms with Crippen LogP contribution in [0.2, 0.25) is 0 Å². The van der Waals surface area contributed by atoms with Gasteiger partial charge in [0.05, 0.1) is 6.04 Å². The number of aromatic nitrogens is 1. The zero-order valence-corrected chi connectivity index (χ0v) is 12.2. The van der Waals surface area contributed by atoms with Crippen molar-refractivity contribution >= 4 is 17.7 Å². The second-order valence-electron chi connectivity index (χ2n) is 5.09. The molecule has 1 aliphatic rings. The molecule has 1 aromatic heterocycles. The van der Waals surface area contributed by atoms with E-state index in [0.717, 1.165) is 25.1 Å². The number of hydrogen-bond acceptors (Lipinski definition) is 2. The summed E-state index contributed by atoms with van der Waals surface area (Å²) in [6.07, 6.45) is 6.33. The van der Waals surface area contributed by atoms with E-state index in [1.807, 2.05) is 6.92 Å². The number of rotatable bonds is 4. The monoisotopic (exact) mass is 266 g/mol. The number of likely N-dealkylation sites (tertiary alicyclic amines) is 1. The van der Waals surface area contributed by atoms with Crippen molar-refractivity contribution in [2.75, 3.05) is 18.6 Å². The molecule has 2 rings (SSSR count). The highest BCUT2D eigenvalue weighted by Gasteiger charge is 2.33. The molecule has 1 amide bonds. The maximum atomic E-state index is 12.5. The smallest absolute Gasteiger partial charge is 0.226 e. The fourth-order valence-corrected chi connectivity index (χ4v) is 3.41. The van der Waals surface area contributed by atoms with Gasteiger partial charge in [0.15, 0.2) is 0 Å². The number of carbonyl (C=O) groups excluding carboxylic acids is 1. The molecule has 0 aromatic carbocycles. The van der Waals surface area contributed by atoms with Crippen molar-refractivity contribution in [3.8, 4) is 0 Å². The lowest BCUT2D eigenvalue weighted by atomic mass is 10.1. The lowest BCUT2D eigenvalue weighted by molar-refractivity contribution is -0.135. The molecular weight excluding hydrogens is 244 g/mol. The summed E-state index contributed by atoms with van der Waals surface area (Å²) in [5.41, 5.74) is 1.26. The van der Waals surface area contributed by atoms with Gasteiger partial charge in [-0.25, -0.2) is 0 Å². The van der Waals surface area contributed by atoms with Crippen molar-refractivity contribution in [2.24, 2.45) is 13.0 Å². The molecular formula is C14H22N2OS. The van der Waals surface area contributed by atoms with Crippen molar-refractivity contribution in [1.82, 2.24) is 9.47 Å². The molecule has 0 unspecified atom stereocenters. The molecule has 0 bridgehead atoms. The van der Waals surface area contributed by atoms with Gasteiger partial charge in [-0.2, -0.15) is 11.8 Å². The quantitative estimate of drug-likeness (QED) is 0.837. The number of hydrogen-bond donors (Lipinski definition) is 0. The zero-order valence-electron chi connectivity index (χ0n) is 11.4. The Balaban J connectivity index is 2.13. The molecule has 3 nitrogen and oxygen atoms in total. The van der Waals surface area contributed by atoms with Gasteiger partial charge in [-0.05, 0) is 31.2 Å². The molecule has 0 saturated carbocycles. The zero-order chi connectivity index (χ0) is 13.1. The molecule has 18 heavy (non-hydrogen) atoms. The van der Waals surface area contributed by atoms with Gasteiger partial charge in [-0.15, -0.1) is 0 Å². The first-order chi connectivity index (χ1) is 8.65. The third kappa shape index (κ3) is 2.58. The Labute approximate surface area is 114 Å². The Hall–Kier alpha value is -0.900. The van der Waals surface area contributed by atoms with Gasteiger partial charge >= 0.3 is 0 Å². The standard InChI is InChI=1S/C14H22N2OS/c1-11(10-18-3)14(17)16-9-5-7-13(16)12-6-4-8-15(12)2/h4,6,8,11,13H,5,7,9-10H2,1-3H3/t11-,13-/m0/s1. The van der Waals surface area contributed by atoms with Gasteiger partial charge in [0.2, 0.25) is 5.91 Å². The summed E-state index contributed by atoms with van der Waals surface area (Å²) in [5, 5.41) is 0. The van der Waals surface area contributed by atoms with E-state index in [4.69, 9.17) is 0 Å². The Bertz CT molecular complexity index is 416. The number of carbonyl (C=O) groups is 1. The van der Waals surface area contributed by atoms with Crippen molar-refractivity contribution in [1.29, 1.82) is 0 Å². The van der Waals surface area contributed by atoms with E-state index in [0.29, 0.717) is 5.91 Å². The van der Waals surface area contributed by atoms with Crippen LogP contribution < -0.4 is 0 Å². The molecule has 1 saturated heterocycles. The molecule has 1 fully saturated rings. The van der Waals surface area contributed by atoms with Gasteiger partial charge < -0.3 is 9.47 Å². The third-order valence-corrected chi connectivity index (χ3v) is 4.53. The average Bonchev–Trinajstić information content (AvgIpc) is 2.96. The van der Waals surface area contributed by atoms with E-state index in [1.54, 1.807) is 11.8 Å². The van der Waals surface area contributed by atoms with Gasteiger partial charge in [-0.1, -0.05) is 6.92 Å². The van der Waals surface area contributed by atoms with E-state index < -0.39 is 0 Å². The van der Waals surface area contributed by atoms with Crippen LogP contribution in [0, 0.1) is 5.92 Å². The predicted molar refractivity (Wildman–Crippen MR) is 76.6 cm³/mol. The van der Waals surface area contributed by atoms with Crippen LogP contribution in [0.25, 0.3) is 0 Å². The lowest BCUT2D eigenvalue weighted by Gasteiger charge is -2.27. The third-order valence-electron chi connectivity index (χ3n) is 3.70. The van der Waals surface area contributed by atoms with E-state index in [9.17, 15) is 4.79 Å². The van der Waals surface area contributed by atoms with Crippen LogP contribution in [0.1, 0.15) is 31.5 Å². The molecule has 100 valence electrons. The van der Waals surface area contributed by atoms with E-state index in [-0.39, 0.29) is 12.0 Å². The van der Waals surface area contributed by atoms with Crippen molar-refractivity contribution in [3.63, 3.8) is 0 Å². The van der Waals surface area contributed by atoms with Gasteiger partial charge in [0.1, 0.15) is 0 Å². The number of aryl methyl sites for hydroxylation is 1. The topological polar surface area (TPSA) is 25.2 Å². The molecule has 2 atom stereocenters. The molecule has 0 radical (unpaired) electrons. The summed E-state index contributed by atoms with van der Waals surface area (Å²) in [6.45, 7) is 2.95. The molecule has 1 aliphatic heterocycles. The van der Waals surface area contributed by atoms with Crippen LogP contribution in [-0.2, 0) is 11.8 Å². The first-order valence-corrected chi connectivity index (χ1v) is 7.95. The first kappa shape index (κ1) is 13.5. The highest BCUT2D eigenvalue weighted by atomic mass is 32.2. The highest BCUT2D eigenvalue weighted by Crippen LogP contribution is 2.33. The number of thioether (sulfide) groups is 1. The van der Waals surface area contributed by atoms with E-state index in [1.165, 1.54) is 5.69 Å². The summed E-state index contributed by atoms with van der Waals surface area (Å²) in [7, 11) is 2.06. The fraction of sp³-hybridized carbons (Fsp3) is 0.643. The normalized spacial score (nSPS) is 21.3. The minimum Gasteiger partial charge on any atom is -0.353 e. The van der Waals surface area contributed by atoms with Crippen molar-refractivity contribution < 1.29 is 4.79 Å². The minimum atomic E-state index is 0.126. The second kappa shape index (κ2) is 5.83. The van der Waals surface area contributed by atoms with Crippen LogP contribution in [0.3, 0.4) is 0 Å². The van der Waals surface area contributed by atoms with Gasteiger partial charge in [0, 0.05) is 37.2 Å². The lowest BCUT2D eigenvalue weighted by Crippen LogP contribution is -2.36. The molecule has 0 aliphatic carbocycles. The summed E-state index contributed by atoms with van der Waals surface area (Å²) in [5.74, 6) is 1.35. The molecule has 2 heterocycles. The predicted octanol–water partition coefficient (Wildman–Crippen LogP) is 2.69. The minimum absolute atomic E-state index is 0.126. The largest absolute Gasteiger partial charge is 0.353 e. The summed E-state index contributed by atoms with van der Waals surface area (Å²) in [6, 6.07) is 4.47. The molecule has 1 aromatic rings. The van der Waals surface area contributed by atoms with E-state index >= 15 is 0 Å².